The number of nitrogens with zero attached hydrogens (tertiary/aromatic N) is 5. The van der Waals surface area contributed by atoms with Crippen molar-refractivity contribution in [2.24, 2.45) is 0 Å². The van der Waals surface area contributed by atoms with Crippen LogP contribution in [-0.2, 0) is 12.7 Å². The minimum absolute atomic E-state index is 0.196. The number of nitrogens with one attached hydrogen (secondary N) is 1. The van der Waals surface area contributed by atoms with E-state index in [4.69, 9.17) is 0 Å². The van der Waals surface area contributed by atoms with Gasteiger partial charge in [0.2, 0.25) is 0 Å². The summed E-state index contributed by atoms with van der Waals surface area (Å²) in [5, 5.41) is 11.2. The lowest BCUT2D eigenvalue weighted by Crippen LogP contribution is -2.21. The maximum absolute atomic E-state index is 13.1. The average Bonchev–Trinajstić information content (AvgIpc) is 3.39. The van der Waals surface area contributed by atoms with Gasteiger partial charge in [0, 0.05) is 11.9 Å². The molecule has 0 atom stereocenters. The zero-order chi connectivity index (χ0) is 25.4. The highest BCUT2D eigenvalue weighted by molar-refractivity contribution is 6.05. The van der Waals surface area contributed by atoms with E-state index in [1.54, 1.807) is 49.5 Å². The number of anilines is 1. The standard InChI is InChI=1S/C25H19F3N6O2/c1-16-21(14-29-34(16)20-9-5-7-18(13-20)25(26,27)28)23(35)30-19-8-4-6-17(12-19)15-33-24(36)32-11-3-2-10-22(32)31-33/h2-14H,15H2,1H3,(H,30,35). The molecule has 36 heavy (non-hydrogen) atoms. The lowest BCUT2D eigenvalue weighted by molar-refractivity contribution is -0.137. The molecule has 182 valence electrons. The van der Waals surface area contributed by atoms with Crippen LogP contribution >= 0.6 is 0 Å². The lowest BCUT2D eigenvalue weighted by Gasteiger charge is -2.10. The number of amides is 1. The smallest absolute Gasteiger partial charge is 0.322 e. The van der Waals surface area contributed by atoms with Gasteiger partial charge in [0.05, 0.1) is 35.2 Å². The summed E-state index contributed by atoms with van der Waals surface area (Å²) in [7, 11) is 0. The molecule has 2 aromatic carbocycles. The molecule has 3 aromatic heterocycles. The molecule has 8 nitrogen and oxygen atoms in total. The molecule has 11 heteroatoms. The van der Waals surface area contributed by atoms with Crippen LogP contribution in [0.5, 0.6) is 0 Å². The predicted molar refractivity (Wildman–Crippen MR) is 126 cm³/mol. The molecule has 3 heterocycles. The van der Waals surface area contributed by atoms with Crippen molar-refractivity contribution < 1.29 is 18.0 Å². The fourth-order valence-electron chi connectivity index (χ4n) is 3.90. The third-order valence-corrected chi connectivity index (χ3v) is 5.68. The zero-order valence-corrected chi connectivity index (χ0v) is 18.9. The van der Waals surface area contributed by atoms with Crippen molar-refractivity contribution >= 4 is 17.2 Å². The fourth-order valence-corrected chi connectivity index (χ4v) is 3.90. The number of benzene rings is 2. The number of halogens is 3. The molecule has 0 fully saturated rings. The van der Waals surface area contributed by atoms with E-state index < -0.39 is 17.6 Å². The Kier molecular flexibility index (Phi) is 5.67. The van der Waals surface area contributed by atoms with Crippen LogP contribution in [0.4, 0.5) is 18.9 Å². The highest BCUT2D eigenvalue weighted by Crippen LogP contribution is 2.30. The van der Waals surface area contributed by atoms with Crippen LogP contribution in [0.15, 0.2) is 83.9 Å². The van der Waals surface area contributed by atoms with E-state index in [1.807, 2.05) is 6.07 Å². The van der Waals surface area contributed by atoms with Gasteiger partial charge in [0.1, 0.15) is 0 Å². The van der Waals surface area contributed by atoms with Gasteiger partial charge in [-0.15, -0.1) is 5.10 Å². The second-order valence-corrected chi connectivity index (χ2v) is 8.13. The Labute approximate surface area is 202 Å². The Morgan fingerprint density at radius 1 is 1.03 bits per heavy atom. The van der Waals surface area contributed by atoms with Crippen molar-refractivity contribution in [2.75, 3.05) is 5.32 Å². The Balaban J connectivity index is 1.36. The second-order valence-electron chi connectivity index (χ2n) is 8.13. The van der Waals surface area contributed by atoms with Crippen LogP contribution in [0.1, 0.15) is 27.2 Å². The molecule has 0 saturated heterocycles. The Bertz CT molecular complexity index is 1650. The van der Waals surface area contributed by atoms with Crippen molar-refractivity contribution in [1.29, 1.82) is 0 Å². The summed E-state index contributed by atoms with van der Waals surface area (Å²) < 4.78 is 43.3. The first-order chi connectivity index (χ1) is 17.2. The third-order valence-electron chi connectivity index (χ3n) is 5.68. The maximum atomic E-state index is 13.1. The van der Waals surface area contributed by atoms with E-state index >= 15 is 0 Å². The van der Waals surface area contributed by atoms with Gasteiger partial charge in [-0.3, -0.25) is 9.20 Å². The number of carbonyl (C=O) groups is 1. The molecule has 0 aliphatic heterocycles. The first kappa shape index (κ1) is 23.1. The zero-order valence-electron chi connectivity index (χ0n) is 18.9. The van der Waals surface area contributed by atoms with E-state index in [0.717, 1.165) is 17.7 Å². The molecule has 0 radical (unpaired) electrons. The molecule has 0 unspecified atom stereocenters. The van der Waals surface area contributed by atoms with Gasteiger partial charge in [0.25, 0.3) is 5.91 Å². The van der Waals surface area contributed by atoms with E-state index in [1.165, 1.54) is 32.1 Å². The number of hydrogen-bond acceptors (Lipinski definition) is 4. The molecular formula is C25H19F3N6O2. The van der Waals surface area contributed by atoms with Gasteiger partial charge < -0.3 is 5.32 Å². The van der Waals surface area contributed by atoms with Gasteiger partial charge in [-0.25, -0.2) is 14.2 Å². The van der Waals surface area contributed by atoms with Crippen molar-refractivity contribution in [1.82, 2.24) is 24.0 Å². The molecule has 1 amide bonds. The Morgan fingerprint density at radius 2 is 1.83 bits per heavy atom. The van der Waals surface area contributed by atoms with Gasteiger partial charge in [-0.05, 0) is 55.0 Å². The summed E-state index contributed by atoms with van der Waals surface area (Å²) in [5.74, 6) is -0.465. The molecule has 0 aliphatic rings. The first-order valence-electron chi connectivity index (χ1n) is 10.9. The highest BCUT2D eigenvalue weighted by Gasteiger charge is 2.30. The van der Waals surface area contributed by atoms with Crippen LogP contribution in [0.3, 0.4) is 0 Å². The largest absolute Gasteiger partial charge is 0.416 e. The molecule has 0 bridgehead atoms. The molecule has 5 rings (SSSR count). The van der Waals surface area contributed by atoms with Crippen LogP contribution in [-0.4, -0.2) is 29.9 Å². The predicted octanol–water partition coefficient (Wildman–Crippen LogP) is 4.31. The monoisotopic (exact) mass is 492 g/mol. The quantitative estimate of drug-likeness (QED) is 0.396. The molecule has 1 N–H and O–H groups in total. The maximum Gasteiger partial charge on any atom is 0.416 e. The van der Waals surface area contributed by atoms with Crippen LogP contribution in [0, 0.1) is 6.92 Å². The van der Waals surface area contributed by atoms with Crippen LogP contribution in [0.2, 0.25) is 0 Å². The lowest BCUT2D eigenvalue weighted by atomic mass is 10.1. The van der Waals surface area contributed by atoms with Crippen molar-refractivity contribution in [3.05, 3.63) is 112 Å². The van der Waals surface area contributed by atoms with Crippen molar-refractivity contribution in [3.63, 3.8) is 0 Å². The number of alkyl halides is 3. The fraction of sp³-hybridized carbons (Fsp3) is 0.120. The van der Waals surface area contributed by atoms with Gasteiger partial charge in [-0.1, -0.05) is 24.3 Å². The van der Waals surface area contributed by atoms with E-state index in [0.29, 0.717) is 17.0 Å². The van der Waals surface area contributed by atoms with E-state index in [2.05, 4.69) is 15.5 Å². The normalized spacial score (nSPS) is 11.7. The topological polar surface area (TPSA) is 86.2 Å². The van der Waals surface area contributed by atoms with Crippen molar-refractivity contribution in [2.45, 2.75) is 19.6 Å². The summed E-state index contributed by atoms with van der Waals surface area (Å²) in [4.78, 5) is 25.5. The number of fused-ring (bicyclic) bond motifs is 1. The summed E-state index contributed by atoms with van der Waals surface area (Å²) in [6.07, 6.45) is -1.54. The highest BCUT2D eigenvalue weighted by atomic mass is 19.4. The summed E-state index contributed by atoms with van der Waals surface area (Å²) in [6, 6.07) is 17.0. The number of hydrogen-bond donors (Lipinski definition) is 1. The van der Waals surface area contributed by atoms with Gasteiger partial charge in [-0.2, -0.15) is 18.3 Å². The number of rotatable bonds is 5. The molecular weight excluding hydrogens is 473 g/mol. The summed E-state index contributed by atoms with van der Waals surface area (Å²) in [6.45, 7) is 1.81. The van der Waals surface area contributed by atoms with Gasteiger partial charge >= 0.3 is 11.9 Å². The minimum atomic E-state index is -4.49. The first-order valence-corrected chi connectivity index (χ1v) is 10.9. The summed E-state index contributed by atoms with van der Waals surface area (Å²) >= 11 is 0. The number of carbonyl (C=O) groups excluding carboxylic acids is 1. The SMILES string of the molecule is Cc1c(C(=O)Nc2cccc(Cn3nc4ccccn4c3=O)c2)cnn1-c1cccc(C(F)(F)F)c1. The third kappa shape index (κ3) is 4.38. The van der Waals surface area contributed by atoms with Crippen molar-refractivity contribution in [3.8, 4) is 5.69 Å². The van der Waals surface area contributed by atoms with Gasteiger partial charge in [0.15, 0.2) is 5.65 Å². The summed E-state index contributed by atoms with van der Waals surface area (Å²) in [5.41, 5.74) is 1.48. The molecule has 0 spiro atoms. The van der Waals surface area contributed by atoms with Crippen LogP contribution in [0.25, 0.3) is 11.3 Å². The molecule has 0 aliphatic carbocycles. The Hall–Kier alpha value is -4.67. The van der Waals surface area contributed by atoms with Crippen LogP contribution < -0.4 is 11.0 Å². The number of aromatic nitrogens is 5. The molecule has 5 aromatic rings. The molecule has 0 saturated carbocycles. The van der Waals surface area contributed by atoms with E-state index in [-0.39, 0.29) is 23.5 Å². The number of pyridine rings is 1. The second kappa shape index (κ2) is 8.84. The minimum Gasteiger partial charge on any atom is -0.322 e. The van der Waals surface area contributed by atoms with E-state index in [9.17, 15) is 22.8 Å². The average molecular weight is 492 g/mol. The Morgan fingerprint density at radius 3 is 2.61 bits per heavy atom.